The minimum absolute atomic E-state index is 0.0398. The van der Waals surface area contributed by atoms with Gasteiger partial charge in [0.15, 0.2) is 0 Å². The summed E-state index contributed by atoms with van der Waals surface area (Å²) in [5.41, 5.74) is 5.01. The van der Waals surface area contributed by atoms with Gasteiger partial charge in [-0.15, -0.1) is 0 Å². The summed E-state index contributed by atoms with van der Waals surface area (Å²) in [4.78, 5) is 17.9. The number of fused-ring (bicyclic) bond motifs is 1. The van der Waals surface area contributed by atoms with Crippen LogP contribution in [0.1, 0.15) is 33.1 Å². The third-order valence-electron chi connectivity index (χ3n) is 5.70. The molecule has 5 aromatic rings. The summed E-state index contributed by atoms with van der Waals surface area (Å²) in [6, 6.07) is 20.9. The third-order valence-corrected chi connectivity index (χ3v) is 6.29. The number of carbonyl (C=O) groups excluding carboxylic acids is 1. The Kier molecular flexibility index (Phi) is 5.52. The van der Waals surface area contributed by atoms with Crippen molar-refractivity contribution >= 4 is 39.9 Å². The lowest BCUT2D eigenvalue weighted by molar-refractivity contribution is 0.0994. The highest BCUT2D eigenvalue weighted by molar-refractivity contribution is 6.35. The Morgan fingerprint density at radius 3 is 2.55 bits per heavy atom. The molecule has 0 unspecified atom stereocenters. The van der Waals surface area contributed by atoms with Gasteiger partial charge in [0, 0.05) is 38.8 Å². The summed E-state index contributed by atoms with van der Waals surface area (Å²) in [7, 11) is 0. The van der Waals surface area contributed by atoms with Crippen molar-refractivity contribution in [1.29, 1.82) is 0 Å². The Labute approximate surface area is 200 Å². The zero-order valence-electron chi connectivity index (χ0n) is 18.0. The van der Waals surface area contributed by atoms with E-state index in [1.807, 2.05) is 74.5 Å². The van der Waals surface area contributed by atoms with Crippen LogP contribution in [0.4, 0.5) is 0 Å². The van der Waals surface area contributed by atoms with E-state index in [0.717, 1.165) is 33.3 Å². The number of halogens is 2. The van der Waals surface area contributed by atoms with E-state index in [-0.39, 0.29) is 11.7 Å². The number of aromatic nitrogens is 3. The minimum Gasteiger partial charge on any atom is -0.340 e. The van der Waals surface area contributed by atoms with Crippen LogP contribution in [0, 0.1) is 13.8 Å². The van der Waals surface area contributed by atoms with Gasteiger partial charge in [0.1, 0.15) is 0 Å². The Hall–Kier alpha value is -3.41. The largest absolute Gasteiger partial charge is 0.340 e. The number of hydrogen-bond donors (Lipinski definition) is 0. The van der Waals surface area contributed by atoms with Crippen molar-refractivity contribution in [2.24, 2.45) is 0 Å². The van der Waals surface area contributed by atoms with Crippen molar-refractivity contribution in [3.8, 4) is 11.4 Å². The molecule has 164 valence electrons. The fraction of sp³-hybridized carbons (Fsp3) is 0.115. The van der Waals surface area contributed by atoms with E-state index in [4.69, 9.17) is 27.7 Å². The van der Waals surface area contributed by atoms with Gasteiger partial charge in [-0.2, -0.15) is 4.98 Å². The number of hydrogen-bond acceptors (Lipinski definition) is 4. The fourth-order valence-corrected chi connectivity index (χ4v) is 4.50. The fourth-order valence-electron chi connectivity index (χ4n) is 4.03. The molecule has 0 spiro atoms. The van der Waals surface area contributed by atoms with Crippen LogP contribution in [-0.2, 0) is 6.54 Å². The van der Waals surface area contributed by atoms with Crippen molar-refractivity contribution in [3.05, 3.63) is 105 Å². The third kappa shape index (κ3) is 3.94. The molecule has 2 aromatic heterocycles. The van der Waals surface area contributed by atoms with Gasteiger partial charge in [-0.05, 0) is 43.7 Å². The van der Waals surface area contributed by atoms with Gasteiger partial charge in [0.25, 0.3) is 11.7 Å². The second-order valence-electron chi connectivity index (χ2n) is 7.92. The van der Waals surface area contributed by atoms with Crippen LogP contribution < -0.4 is 0 Å². The summed E-state index contributed by atoms with van der Waals surface area (Å²) >= 11 is 12.5. The van der Waals surface area contributed by atoms with E-state index in [1.54, 1.807) is 6.07 Å². The molecule has 33 heavy (non-hydrogen) atoms. The molecule has 0 aliphatic carbocycles. The molecule has 0 fully saturated rings. The molecular weight excluding hydrogens is 457 g/mol. The first-order chi connectivity index (χ1) is 15.9. The van der Waals surface area contributed by atoms with Crippen molar-refractivity contribution < 1.29 is 9.32 Å². The Balaban J connectivity index is 1.61. The molecule has 0 amide bonds. The van der Waals surface area contributed by atoms with E-state index in [1.165, 1.54) is 0 Å². The second kappa shape index (κ2) is 8.50. The average molecular weight is 476 g/mol. The lowest BCUT2D eigenvalue weighted by atomic mass is 10.0. The highest BCUT2D eigenvalue weighted by Gasteiger charge is 2.26. The van der Waals surface area contributed by atoms with Crippen molar-refractivity contribution in [2.45, 2.75) is 20.4 Å². The highest BCUT2D eigenvalue weighted by Crippen LogP contribution is 2.31. The van der Waals surface area contributed by atoms with Gasteiger partial charge in [-0.1, -0.05) is 76.4 Å². The monoisotopic (exact) mass is 475 g/mol. The number of ketones is 1. The predicted molar refractivity (Wildman–Crippen MR) is 130 cm³/mol. The zero-order valence-corrected chi connectivity index (χ0v) is 19.5. The summed E-state index contributed by atoms with van der Waals surface area (Å²) < 4.78 is 7.45. The lowest BCUT2D eigenvalue weighted by Crippen LogP contribution is -2.07. The van der Waals surface area contributed by atoms with E-state index in [0.29, 0.717) is 28.0 Å². The smallest absolute Gasteiger partial charge is 0.299 e. The summed E-state index contributed by atoms with van der Waals surface area (Å²) in [5, 5.41) is 6.00. The predicted octanol–water partition coefficient (Wildman–Crippen LogP) is 6.89. The average Bonchev–Trinajstić information content (AvgIpc) is 3.39. The molecule has 0 saturated carbocycles. The Morgan fingerprint density at radius 2 is 1.79 bits per heavy atom. The van der Waals surface area contributed by atoms with Crippen LogP contribution >= 0.6 is 23.2 Å². The molecular formula is C26H19Cl2N3O2. The topological polar surface area (TPSA) is 60.9 Å². The van der Waals surface area contributed by atoms with Crippen molar-refractivity contribution in [1.82, 2.24) is 14.7 Å². The Bertz CT molecular complexity index is 1500. The molecule has 0 radical (unpaired) electrons. The number of carbonyl (C=O) groups is 1. The number of benzene rings is 3. The maximum absolute atomic E-state index is 13.6. The van der Waals surface area contributed by atoms with E-state index < -0.39 is 0 Å². The lowest BCUT2D eigenvalue weighted by Gasteiger charge is -2.11. The number of nitrogens with zero attached hydrogens (tertiary/aromatic N) is 3. The van der Waals surface area contributed by atoms with Gasteiger partial charge in [-0.3, -0.25) is 4.79 Å². The Morgan fingerprint density at radius 1 is 1.00 bits per heavy atom. The van der Waals surface area contributed by atoms with E-state index in [9.17, 15) is 4.79 Å². The van der Waals surface area contributed by atoms with Crippen LogP contribution in [0.15, 0.2) is 71.3 Å². The molecule has 5 nitrogen and oxygen atoms in total. The molecule has 0 saturated heterocycles. The molecule has 2 heterocycles. The quantitative estimate of drug-likeness (QED) is 0.259. The molecule has 7 heteroatoms. The minimum atomic E-state index is -0.307. The van der Waals surface area contributed by atoms with Gasteiger partial charge < -0.3 is 9.09 Å². The molecule has 0 aliphatic rings. The van der Waals surface area contributed by atoms with Crippen LogP contribution in [-0.4, -0.2) is 20.5 Å². The summed E-state index contributed by atoms with van der Waals surface area (Å²) in [6.07, 6.45) is 0. The normalized spacial score (nSPS) is 11.3. The SMILES string of the molecule is Cc1ccc2c(c1)c(C(=O)c1nc(-c3ccccc3)no1)c(C)n2Cc1ccc(Cl)cc1Cl. The first-order valence-corrected chi connectivity index (χ1v) is 11.1. The molecule has 3 aromatic carbocycles. The first-order valence-electron chi connectivity index (χ1n) is 10.4. The summed E-state index contributed by atoms with van der Waals surface area (Å²) in [5.74, 6) is 0.0326. The number of aryl methyl sites for hydroxylation is 1. The molecule has 5 rings (SSSR count). The maximum Gasteiger partial charge on any atom is 0.299 e. The molecule has 0 atom stereocenters. The van der Waals surface area contributed by atoms with E-state index in [2.05, 4.69) is 14.7 Å². The van der Waals surface area contributed by atoms with Gasteiger partial charge >= 0.3 is 0 Å². The molecule has 0 N–H and O–H groups in total. The highest BCUT2D eigenvalue weighted by atomic mass is 35.5. The van der Waals surface area contributed by atoms with Crippen LogP contribution in [0.25, 0.3) is 22.3 Å². The van der Waals surface area contributed by atoms with Gasteiger partial charge in [0.05, 0.1) is 5.56 Å². The van der Waals surface area contributed by atoms with Gasteiger partial charge in [0.2, 0.25) is 5.82 Å². The zero-order chi connectivity index (χ0) is 23.1. The molecule has 0 aliphatic heterocycles. The molecule has 0 bridgehead atoms. The van der Waals surface area contributed by atoms with Gasteiger partial charge in [-0.25, -0.2) is 0 Å². The second-order valence-corrected chi connectivity index (χ2v) is 8.76. The van der Waals surface area contributed by atoms with Crippen molar-refractivity contribution in [2.75, 3.05) is 0 Å². The summed E-state index contributed by atoms with van der Waals surface area (Å²) in [6.45, 7) is 4.41. The van der Waals surface area contributed by atoms with Crippen molar-refractivity contribution in [3.63, 3.8) is 0 Å². The standard InChI is InChI=1S/C26H19Cl2N3O2/c1-15-8-11-22-20(12-15)23(16(2)31(22)14-18-9-10-19(27)13-21(18)28)24(32)26-29-25(30-33-26)17-6-4-3-5-7-17/h3-13H,14H2,1-2H3. The number of rotatable bonds is 5. The van der Waals surface area contributed by atoms with Crippen LogP contribution in [0.5, 0.6) is 0 Å². The van der Waals surface area contributed by atoms with E-state index >= 15 is 0 Å². The van der Waals surface area contributed by atoms with Crippen LogP contribution in [0.2, 0.25) is 10.0 Å². The van der Waals surface area contributed by atoms with Crippen LogP contribution in [0.3, 0.4) is 0 Å². The first kappa shape index (κ1) is 21.4. The maximum atomic E-state index is 13.6.